The molecular weight excluding hydrogens is 266 g/mol. The molecule has 2 aromatic rings. The van der Waals surface area contributed by atoms with Crippen molar-refractivity contribution in [3.05, 3.63) is 34.4 Å². The van der Waals surface area contributed by atoms with Gasteiger partial charge in [0.05, 0.1) is 0 Å². The van der Waals surface area contributed by atoms with E-state index >= 15 is 0 Å². The SMILES string of the molecule is Cc1ccc2c(NCCN)ncc(Br)c2c1. The van der Waals surface area contributed by atoms with E-state index in [-0.39, 0.29) is 0 Å². The molecule has 0 unspecified atom stereocenters. The van der Waals surface area contributed by atoms with Crippen molar-refractivity contribution in [1.82, 2.24) is 4.98 Å². The zero-order valence-electron chi connectivity index (χ0n) is 9.13. The van der Waals surface area contributed by atoms with Gasteiger partial charge in [-0.15, -0.1) is 0 Å². The van der Waals surface area contributed by atoms with Gasteiger partial charge in [-0.2, -0.15) is 0 Å². The van der Waals surface area contributed by atoms with Crippen LogP contribution in [0.1, 0.15) is 5.56 Å². The summed E-state index contributed by atoms with van der Waals surface area (Å²) in [4.78, 5) is 4.36. The lowest BCUT2D eigenvalue weighted by atomic mass is 10.1. The fraction of sp³-hybridized carbons (Fsp3) is 0.250. The molecule has 4 heteroatoms. The Balaban J connectivity index is 2.55. The minimum Gasteiger partial charge on any atom is -0.368 e. The van der Waals surface area contributed by atoms with Crippen molar-refractivity contribution in [1.29, 1.82) is 0 Å². The molecule has 1 aromatic carbocycles. The summed E-state index contributed by atoms with van der Waals surface area (Å²) < 4.78 is 1.02. The molecule has 0 aliphatic heterocycles. The number of aryl methyl sites for hydroxylation is 1. The van der Waals surface area contributed by atoms with Crippen LogP contribution in [0.4, 0.5) is 5.82 Å². The number of anilines is 1. The molecule has 16 heavy (non-hydrogen) atoms. The van der Waals surface area contributed by atoms with Crippen LogP contribution < -0.4 is 11.1 Å². The van der Waals surface area contributed by atoms with Crippen LogP contribution in [0.3, 0.4) is 0 Å². The maximum absolute atomic E-state index is 5.47. The molecule has 0 atom stereocenters. The first-order valence-corrected chi connectivity index (χ1v) is 6.00. The molecule has 1 aromatic heterocycles. The van der Waals surface area contributed by atoms with Crippen molar-refractivity contribution in [2.45, 2.75) is 6.92 Å². The predicted octanol–water partition coefficient (Wildman–Crippen LogP) is 2.68. The Hall–Kier alpha value is -1.13. The van der Waals surface area contributed by atoms with E-state index in [2.05, 4.69) is 51.4 Å². The van der Waals surface area contributed by atoms with Crippen LogP contribution in [-0.2, 0) is 0 Å². The first kappa shape index (κ1) is 11.4. The molecule has 0 amide bonds. The van der Waals surface area contributed by atoms with E-state index in [9.17, 15) is 0 Å². The maximum Gasteiger partial charge on any atom is 0.133 e. The smallest absolute Gasteiger partial charge is 0.133 e. The van der Waals surface area contributed by atoms with Crippen molar-refractivity contribution in [2.75, 3.05) is 18.4 Å². The molecule has 2 rings (SSSR count). The molecule has 0 radical (unpaired) electrons. The molecule has 1 heterocycles. The highest BCUT2D eigenvalue weighted by atomic mass is 79.9. The average molecular weight is 280 g/mol. The third kappa shape index (κ3) is 2.18. The molecule has 0 aliphatic rings. The molecule has 0 spiro atoms. The van der Waals surface area contributed by atoms with Crippen LogP contribution in [0.15, 0.2) is 28.9 Å². The summed E-state index contributed by atoms with van der Waals surface area (Å²) in [7, 11) is 0. The molecular formula is C12H14BrN3. The van der Waals surface area contributed by atoms with Crippen LogP contribution in [-0.4, -0.2) is 18.1 Å². The highest BCUT2D eigenvalue weighted by Gasteiger charge is 2.05. The standard InChI is InChI=1S/C12H14BrN3/c1-8-2-3-9-10(6-8)11(13)7-16-12(9)15-5-4-14/h2-3,6-7H,4-5,14H2,1H3,(H,15,16). The lowest BCUT2D eigenvalue weighted by Crippen LogP contribution is -2.14. The van der Waals surface area contributed by atoms with E-state index in [1.165, 1.54) is 10.9 Å². The van der Waals surface area contributed by atoms with E-state index in [0.29, 0.717) is 6.54 Å². The van der Waals surface area contributed by atoms with Crippen LogP contribution in [0.5, 0.6) is 0 Å². The minimum absolute atomic E-state index is 0.602. The Kier molecular flexibility index (Phi) is 3.41. The van der Waals surface area contributed by atoms with Gasteiger partial charge in [-0.1, -0.05) is 23.8 Å². The number of pyridine rings is 1. The Labute approximate surface area is 103 Å². The number of nitrogens with zero attached hydrogens (tertiary/aromatic N) is 1. The number of aromatic nitrogens is 1. The topological polar surface area (TPSA) is 50.9 Å². The largest absolute Gasteiger partial charge is 0.368 e. The normalized spacial score (nSPS) is 10.7. The molecule has 0 saturated carbocycles. The summed E-state index contributed by atoms with van der Waals surface area (Å²) in [6.45, 7) is 3.42. The number of rotatable bonds is 3. The number of benzene rings is 1. The monoisotopic (exact) mass is 279 g/mol. The molecule has 3 N–H and O–H groups in total. The molecule has 0 fully saturated rings. The maximum atomic E-state index is 5.47. The molecule has 3 nitrogen and oxygen atoms in total. The number of hydrogen-bond acceptors (Lipinski definition) is 3. The van der Waals surface area contributed by atoms with Gasteiger partial charge in [0.15, 0.2) is 0 Å². The Morgan fingerprint density at radius 1 is 1.38 bits per heavy atom. The quantitative estimate of drug-likeness (QED) is 0.908. The second-order valence-corrected chi connectivity index (χ2v) is 4.57. The van der Waals surface area contributed by atoms with Crippen molar-refractivity contribution in [3.8, 4) is 0 Å². The highest BCUT2D eigenvalue weighted by molar-refractivity contribution is 9.10. The summed E-state index contributed by atoms with van der Waals surface area (Å²) in [6.07, 6.45) is 1.82. The van der Waals surface area contributed by atoms with Crippen LogP contribution in [0, 0.1) is 6.92 Å². The number of nitrogens with two attached hydrogens (primary N) is 1. The van der Waals surface area contributed by atoms with Gasteiger partial charge in [0.2, 0.25) is 0 Å². The van der Waals surface area contributed by atoms with E-state index in [1.54, 1.807) is 0 Å². The van der Waals surface area contributed by atoms with Gasteiger partial charge >= 0.3 is 0 Å². The van der Waals surface area contributed by atoms with Gasteiger partial charge in [-0.25, -0.2) is 4.98 Å². The molecule has 0 saturated heterocycles. The highest BCUT2D eigenvalue weighted by Crippen LogP contribution is 2.28. The lowest BCUT2D eigenvalue weighted by molar-refractivity contribution is 1.01. The number of nitrogens with one attached hydrogen (secondary N) is 1. The second-order valence-electron chi connectivity index (χ2n) is 3.72. The van der Waals surface area contributed by atoms with E-state index in [0.717, 1.165) is 22.2 Å². The van der Waals surface area contributed by atoms with E-state index in [1.807, 2.05) is 6.20 Å². The zero-order valence-corrected chi connectivity index (χ0v) is 10.7. The lowest BCUT2D eigenvalue weighted by Gasteiger charge is -2.09. The van der Waals surface area contributed by atoms with Gasteiger partial charge in [0.1, 0.15) is 5.82 Å². The van der Waals surface area contributed by atoms with Gasteiger partial charge < -0.3 is 11.1 Å². The molecule has 0 bridgehead atoms. The van der Waals surface area contributed by atoms with Crippen molar-refractivity contribution in [3.63, 3.8) is 0 Å². The fourth-order valence-electron chi connectivity index (χ4n) is 1.65. The average Bonchev–Trinajstić information content (AvgIpc) is 2.29. The van der Waals surface area contributed by atoms with Crippen molar-refractivity contribution >= 4 is 32.5 Å². The zero-order chi connectivity index (χ0) is 11.5. The Bertz CT molecular complexity index is 511. The second kappa shape index (κ2) is 4.80. The van der Waals surface area contributed by atoms with Gasteiger partial charge in [0, 0.05) is 34.5 Å². The number of fused-ring (bicyclic) bond motifs is 1. The van der Waals surface area contributed by atoms with Crippen LogP contribution in [0.25, 0.3) is 10.8 Å². The van der Waals surface area contributed by atoms with Crippen LogP contribution in [0.2, 0.25) is 0 Å². The summed E-state index contributed by atoms with van der Waals surface area (Å²) in [6, 6.07) is 6.32. The minimum atomic E-state index is 0.602. The van der Waals surface area contributed by atoms with Crippen LogP contribution >= 0.6 is 15.9 Å². The van der Waals surface area contributed by atoms with E-state index < -0.39 is 0 Å². The molecule has 84 valence electrons. The number of halogens is 1. The predicted molar refractivity (Wildman–Crippen MR) is 71.7 cm³/mol. The van der Waals surface area contributed by atoms with E-state index in [4.69, 9.17) is 5.73 Å². The van der Waals surface area contributed by atoms with Gasteiger partial charge in [-0.05, 0) is 22.9 Å². The van der Waals surface area contributed by atoms with Crippen molar-refractivity contribution < 1.29 is 0 Å². The summed E-state index contributed by atoms with van der Waals surface area (Å²) in [5.41, 5.74) is 6.71. The van der Waals surface area contributed by atoms with Gasteiger partial charge in [-0.3, -0.25) is 0 Å². The van der Waals surface area contributed by atoms with Crippen molar-refractivity contribution in [2.24, 2.45) is 5.73 Å². The summed E-state index contributed by atoms with van der Waals surface area (Å²) in [5.74, 6) is 0.892. The first-order chi connectivity index (χ1) is 7.72. The summed E-state index contributed by atoms with van der Waals surface area (Å²) in [5, 5.41) is 5.52. The fourth-order valence-corrected chi connectivity index (χ4v) is 2.08. The third-order valence-electron chi connectivity index (χ3n) is 2.43. The van der Waals surface area contributed by atoms with Gasteiger partial charge in [0.25, 0.3) is 0 Å². The Morgan fingerprint density at radius 2 is 2.19 bits per heavy atom. The third-order valence-corrected chi connectivity index (χ3v) is 3.06. The number of hydrogen-bond donors (Lipinski definition) is 2. The Morgan fingerprint density at radius 3 is 2.94 bits per heavy atom. The first-order valence-electron chi connectivity index (χ1n) is 5.21. The molecule has 0 aliphatic carbocycles. The summed E-state index contributed by atoms with van der Waals surface area (Å²) >= 11 is 3.52.